The van der Waals surface area contributed by atoms with E-state index >= 15 is 0 Å². The highest BCUT2D eigenvalue weighted by Gasteiger charge is 2.52. The molecule has 0 radical (unpaired) electrons. The van der Waals surface area contributed by atoms with Crippen molar-refractivity contribution >= 4 is 5.97 Å². The molecule has 0 aromatic rings. The second-order valence-electron chi connectivity index (χ2n) is 16.3. The van der Waals surface area contributed by atoms with E-state index in [1.165, 1.54) is 14.0 Å². The average molecular weight is 721 g/mol. The van der Waals surface area contributed by atoms with Crippen molar-refractivity contribution < 1.29 is 58.7 Å². The number of cyclic esters (lactones) is 1. The minimum Gasteiger partial charge on any atom is -0.459 e. The van der Waals surface area contributed by atoms with Crippen LogP contribution >= 0.6 is 0 Å². The number of nitrogens with zero attached hydrogens (tertiary/aromatic N) is 1. The minimum atomic E-state index is -1.80. The van der Waals surface area contributed by atoms with Crippen LogP contribution in [-0.4, -0.2) is 147 Å². The van der Waals surface area contributed by atoms with Crippen molar-refractivity contribution in [3.63, 3.8) is 0 Å². The molecule has 14 heteroatoms. The van der Waals surface area contributed by atoms with Gasteiger partial charge < -0.3 is 64.6 Å². The summed E-state index contributed by atoms with van der Waals surface area (Å²) in [5.41, 5.74) is 1.86. The molecule has 0 spiro atoms. The van der Waals surface area contributed by atoms with Crippen LogP contribution in [0.3, 0.4) is 0 Å². The molecule has 14 nitrogen and oxygen atoms in total. The van der Waals surface area contributed by atoms with Crippen molar-refractivity contribution in [2.75, 3.05) is 20.7 Å². The zero-order valence-electron chi connectivity index (χ0n) is 32.3. The number of methoxy groups -OCH3 is 1. The number of aliphatic hydroxyl groups is 5. The zero-order chi connectivity index (χ0) is 38.1. The maximum Gasteiger partial charge on any atom is 0.311 e. The predicted octanol–water partition coefficient (Wildman–Crippen LogP) is 1.30. The van der Waals surface area contributed by atoms with E-state index in [1.807, 2.05) is 25.8 Å². The number of nitrogens with two attached hydrogens (primary N) is 1. The van der Waals surface area contributed by atoms with Crippen LogP contribution in [-0.2, 0) is 33.2 Å². The second-order valence-corrected chi connectivity index (χ2v) is 16.3. The molecule has 7 N–H and O–H groups in total. The number of hydrogen-bond donors (Lipinski definition) is 6. The number of aliphatic hydroxyl groups excluding tert-OH is 3. The fraction of sp³-hybridized carbons (Fsp3) is 0.972. The third kappa shape index (κ3) is 9.55. The summed E-state index contributed by atoms with van der Waals surface area (Å²) in [5, 5.41) is 57.4. The van der Waals surface area contributed by atoms with Crippen molar-refractivity contribution in [3.05, 3.63) is 0 Å². The van der Waals surface area contributed by atoms with Gasteiger partial charge >= 0.3 is 5.97 Å². The lowest BCUT2D eigenvalue weighted by Crippen LogP contribution is -2.60. The van der Waals surface area contributed by atoms with Crippen LogP contribution in [0.25, 0.3) is 0 Å². The van der Waals surface area contributed by atoms with Gasteiger partial charge in [0.25, 0.3) is 0 Å². The van der Waals surface area contributed by atoms with Gasteiger partial charge in [-0.3, -0.25) is 4.79 Å². The Bertz CT molecular complexity index is 1100. The van der Waals surface area contributed by atoms with Crippen LogP contribution in [0.2, 0.25) is 0 Å². The molecule has 0 aromatic carbocycles. The Morgan fingerprint density at radius 3 is 2.16 bits per heavy atom. The predicted molar refractivity (Wildman–Crippen MR) is 185 cm³/mol. The van der Waals surface area contributed by atoms with Crippen molar-refractivity contribution in [1.29, 1.82) is 0 Å². The summed E-state index contributed by atoms with van der Waals surface area (Å²) in [7, 11) is 3.32. The van der Waals surface area contributed by atoms with E-state index < -0.39 is 102 Å². The van der Waals surface area contributed by atoms with Gasteiger partial charge in [0.05, 0.1) is 41.5 Å². The minimum absolute atomic E-state index is 0.123. The third-order valence-electron chi connectivity index (χ3n) is 11.6. The highest BCUT2D eigenvalue weighted by molar-refractivity contribution is 5.73. The molecule has 0 saturated carbocycles. The van der Waals surface area contributed by atoms with E-state index in [1.54, 1.807) is 48.5 Å². The molecule has 0 aromatic heterocycles. The summed E-state index contributed by atoms with van der Waals surface area (Å²) in [4.78, 5) is 16.0. The van der Waals surface area contributed by atoms with E-state index in [-0.39, 0.29) is 31.3 Å². The van der Waals surface area contributed by atoms with Gasteiger partial charge in [-0.15, -0.1) is 0 Å². The first-order valence-electron chi connectivity index (χ1n) is 18.3. The Labute approximate surface area is 298 Å². The molecule has 0 amide bonds. The van der Waals surface area contributed by atoms with Crippen molar-refractivity contribution in [1.82, 2.24) is 4.90 Å². The normalized spacial score (nSPS) is 51.0. The SMILES string of the molecule is CC[C@H]1OC(=O)[C@H](C)[C@H](O[C@H]2C[C@@](C)(OC)[C@@H](O)[C@H](C)O2)[C@H](C)[C@@H](O[C@@H]2O[C@H](C)C[C@H](N)[C@H]2O)[C@](C)(O)C[C@@H](C)CN(C)[C@H](C)[C@H](O)[C@]1(C)O. The quantitative estimate of drug-likeness (QED) is 0.214. The molecule has 3 aliphatic rings. The summed E-state index contributed by atoms with van der Waals surface area (Å²) in [6, 6.07) is -1.17. The van der Waals surface area contributed by atoms with E-state index in [2.05, 4.69) is 0 Å². The Kier molecular flexibility index (Phi) is 14.7. The lowest BCUT2D eigenvalue weighted by atomic mass is 9.77. The van der Waals surface area contributed by atoms with Crippen LogP contribution < -0.4 is 5.73 Å². The molecule has 18 atom stereocenters. The fourth-order valence-corrected chi connectivity index (χ4v) is 8.28. The number of hydrogen-bond acceptors (Lipinski definition) is 14. The summed E-state index contributed by atoms with van der Waals surface area (Å²) >= 11 is 0. The summed E-state index contributed by atoms with van der Waals surface area (Å²) in [6.07, 6.45) is -8.74. The second kappa shape index (κ2) is 17.0. The molecule has 0 aliphatic carbocycles. The Balaban J connectivity index is 2.16. The van der Waals surface area contributed by atoms with Gasteiger partial charge in [-0.2, -0.15) is 0 Å². The highest BCUT2D eigenvalue weighted by Crippen LogP contribution is 2.40. The van der Waals surface area contributed by atoms with Crippen LogP contribution in [0.4, 0.5) is 0 Å². The van der Waals surface area contributed by atoms with Crippen molar-refractivity contribution in [2.45, 2.75) is 185 Å². The van der Waals surface area contributed by atoms with Crippen LogP contribution in [0.1, 0.15) is 94.9 Å². The van der Waals surface area contributed by atoms with Gasteiger partial charge in [-0.1, -0.05) is 20.8 Å². The zero-order valence-corrected chi connectivity index (χ0v) is 32.3. The Morgan fingerprint density at radius 1 is 0.960 bits per heavy atom. The number of likely N-dealkylation sites (N-methyl/N-ethyl adjacent to an activating group) is 1. The molecule has 294 valence electrons. The highest BCUT2D eigenvalue weighted by atomic mass is 16.7. The van der Waals surface area contributed by atoms with Crippen LogP contribution in [0.15, 0.2) is 0 Å². The number of rotatable bonds is 6. The molecule has 3 rings (SSSR count). The monoisotopic (exact) mass is 720 g/mol. The molecule has 3 saturated heterocycles. The Hall–Kier alpha value is -1.01. The van der Waals surface area contributed by atoms with Crippen LogP contribution in [0.5, 0.6) is 0 Å². The largest absolute Gasteiger partial charge is 0.459 e. The molecule has 3 fully saturated rings. The Morgan fingerprint density at radius 2 is 1.58 bits per heavy atom. The number of carbonyl (C=O) groups is 1. The number of ether oxygens (including phenoxy) is 6. The number of esters is 1. The van der Waals surface area contributed by atoms with Gasteiger partial charge in [0.15, 0.2) is 12.6 Å². The van der Waals surface area contributed by atoms with Gasteiger partial charge in [-0.05, 0) is 80.7 Å². The van der Waals surface area contributed by atoms with Crippen molar-refractivity contribution in [3.8, 4) is 0 Å². The first-order valence-corrected chi connectivity index (χ1v) is 18.3. The summed E-state index contributed by atoms with van der Waals surface area (Å²) in [6.45, 7) is 17.8. The molecular formula is C36H68N2O12. The molecule has 50 heavy (non-hydrogen) atoms. The average Bonchev–Trinajstić information content (AvgIpc) is 3.03. The first-order chi connectivity index (χ1) is 23.0. The number of carbonyl (C=O) groups excluding carboxylic acids is 1. The smallest absolute Gasteiger partial charge is 0.311 e. The third-order valence-corrected chi connectivity index (χ3v) is 11.6. The first kappa shape index (κ1) is 43.4. The maximum atomic E-state index is 14.1. The van der Waals surface area contributed by atoms with Gasteiger partial charge in [-0.25, -0.2) is 0 Å². The molecule has 3 heterocycles. The van der Waals surface area contributed by atoms with Gasteiger partial charge in [0.2, 0.25) is 0 Å². The van der Waals surface area contributed by atoms with E-state index in [0.29, 0.717) is 13.0 Å². The van der Waals surface area contributed by atoms with E-state index in [9.17, 15) is 30.3 Å². The molecule has 0 bridgehead atoms. The fourth-order valence-electron chi connectivity index (χ4n) is 8.28. The van der Waals surface area contributed by atoms with E-state index in [0.717, 1.165) is 0 Å². The van der Waals surface area contributed by atoms with Gasteiger partial charge in [0, 0.05) is 38.1 Å². The van der Waals surface area contributed by atoms with Crippen molar-refractivity contribution in [2.24, 2.45) is 23.5 Å². The molecule has 0 unspecified atom stereocenters. The standard InChI is InChI=1S/C36H68N2O12/c1-13-25-36(10,44)29(40)22(6)38(11)17-18(2)15-34(8,43)31(50-33-27(39)24(37)14-19(3)46-33)20(4)28(21(5)32(42)48-25)49-26-16-35(9,45-12)30(41)23(7)47-26/h18-31,33,39-41,43-44H,13-17,37H2,1-12H3/t18-,19-,20+,21-,22-,23+,24+,25-,26+,27-,28-,29+,30+,31-,33+,34-,35-,36-/m1/s1. The summed E-state index contributed by atoms with van der Waals surface area (Å²) in [5.74, 6) is -2.64. The van der Waals surface area contributed by atoms with Gasteiger partial charge in [0.1, 0.15) is 30.0 Å². The van der Waals surface area contributed by atoms with Crippen LogP contribution in [0, 0.1) is 17.8 Å². The molecular weight excluding hydrogens is 652 g/mol. The molecule has 3 aliphatic heterocycles. The lowest BCUT2D eigenvalue weighted by Gasteiger charge is -2.48. The summed E-state index contributed by atoms with van der Waals surface area (Å²) < 4.78 is 37.0. The van der Waals surface area contributed by atoms with E-state index in [4.69, 9.17) is 34.2 Å². The topological polar surface area (TPSA) is 203 Å². The maximum absolute atomic E-state index is 14.1. The lowest BCUT2D eigenvalue weighted by molar-refractivity contribution is -0.315.